The molecule has 0 aliphatic carbocycles. The van der Waals surface area contributed by atoms with E-state index in [-0.39, 0.29) is 0 Å². The summed E-state index contributed by atoms with van der Waals surface area (Å²) in [5.41, 5.74) is 6.85. The number of carbonyl (C=O) groups excluding carboxylic acids is 1. The summed E-state index contributed by atoms with van der Waals surface area (Å²) in [5.74, 6) is -0.398. The minimum atomic E-state index is -0.398. The number of rotatable bonds is 2. The Morgan fingerprint density at radius 2 is 2.50 bits per heavy atom. The summed E-state index contributed by atoms with van der Waals surface area (Å²) in [6.45, 7) is 3.56. The van der Waals surface area contributed by atoms with Gasteiger partial charge in [-0.3, -0.25) is 0 Å². The maximum absolute atomic E-state index is 11.0. The van der Waals surface area contributed by atoms with Crippen molar-refractivity contribution in [3.8, 4) is 0 Å². The van der Waals surface area contributed by atoms with Crippen molar-refractivity contribution in [3.63, 3.8) is 0 Å². The SMILES string of the molecule is C=Cc1csc(C(=O)OC)c1N. The Balaban J connectivity index is 3.10. The topological polar surface area (TPSA) is 52.3 Å². The van der Waals surface area contributed by atoms with Gasteiger partial charge >= 0.3 is 5.97 Å². The summed E-state index contributed by atoms with van der Waals surface area (Å²) in [7, 11) is 1.33. The first-order valence-electron chi connectivity index (χ1n) is 3.28. The van der Waals surface area contributed by atoms with Gasteiger partial charge in [0.25, 0.3) is 0 Å². The molecular formula is C8H9NO2S. The second-order valence-electron chi connectivity index (χ2n) is 2.13. The van der Waals surface area contributed by atoms with Gasteiger partial charge in [0.1, 0.15) is 4.88 Å². The average molecular weight is 183 g/mol. The first-order chi connectivity index (χ1) is 5.70. The number of esters is 1. The van der Waals surface area contributed by atoms with Crippen LogP contribution in [0.25, 0.3) is 6.08 Å². The van der Waals surface area contributed by atoms with Gasteiger partial charge in [0, 0.05) is 10.9 Å². The van der Waals surface area contributed by atoms with Crippen LogP contribution >= 0.6 is 11.3 Å². The number of anilines is 1. The van der Waals surface area contributed by atoms with E-state index in [0.717, 1.165) is 5.56 Å². The molecule has 0 saturated heterocycles. The monoisotopic (exact) mass is 183 g/mol. The highest BCUT2D eigenvalue weighted by atomic mass is 32.1. The van der Waals surface area contributed by atoms with E-state index in [9.17, 15) is 4.79 Å². The molecule has 0 amide bonds. The standard InChI is InChI=1S/C8H9NO2S/c1-3-5-4-12-7(6(5)9)8(10)11-2/h3-4H,1,9H2,2H3. The van der Waals surface area contributed by atoms with Crippen LogP contribution in [0.1, 0.15) is 15.2 Å². The Morgan fingerprint density at radius 1 is 1.83 bits per heavy atom. The van der Waals surface area contributed by atoms with Crippen molar-refractivity contribution in [2.45, 2.75) is 0 Å². The summed E-state index contributed by atoms with van der Waals surface area (Å²) < 4.78 is 4.53. The van der Waals surface area contributed by atoms with Crippen molar-refractivity contribution < 1.29 is 9.53 Å². The predicted molar refractivity (Wildman–Crippen MR) is 50.2 cm³/mol. The molecule has 64 valence electrons. The molecule has 2 N–H and O–H groups in total. The molecule has 1 aromatic heterocycles. The minimum absolute atomic E-state index is 0.398. The van der Waals surface area contributed by atoms with Crippen LogP contribution in [-0.4, -0.2) is 13.1 Å². The fraction of sp³-hybridized carbons (Fsp3) is 0.125. The Bertz CT molecular complexity index is 317. The van der Waals surface area contributed by atoms with Gasteiger partial charge in [-0.2, -0.15) is 0 Å². The van der Waals surface area contributed by atoms with Crippen LogP contribution in [0.15, 0.2) is 12.0 Å². The fourth-order valence-corrected chi connectivity index (χ4v) is 1.68. The highest BCUT2D eigenvalue weighted by Crippen LogP contribution is 2.26. The van der Waals surface area contributed by atoms with Crippen LogP contribution in [-0.2, 0) is 4.74 Å². The molecule has 0 unspecified atom stereocenters. The molecule has 4 heteroatoms. The van der Waals surface area contributed by atoms with E-state index < -0.39 is 5.97 Å². The highest BCUT2D eigenvalue weighted by Gasteiger charge is 2.13. The lowest BCUT2D eigenvalue weighted by atomic mass is 10.2. The molecule has 0 spiro atoms. The molecule has 0 aromatic carbocycles. The van der Waals surface area contributed by atoms with Gasteiger partial charge in [-0.15, -0.1) is 11.3 Å². The van der Waals surface area contributed by atoms with Crippen LogP contribution in [0.3, 0.4) is 0 Å². The number of thiophene rings is 1. The van der Waals surface area contributed by atoms with E-state index >= 15 is 0 Å². The maximum atomic E-state index is 11.0. The zero-order valence-corrected chi connectivity index (χ0v) is 7.48. The number of nitrogens with two attached hydrogens (primary N) is 1. The smallest absolute Gasteiger partial charge is 0.350 e. The third-order valence-corrected chi connectivity index (χ3v) is 2.44. The van der Waals surface area contributed by atoms with Crippen molar-refractivity contribution >= 4 is 29.1 Å². The number of hydrogen-bond acceptors (Lipinski definition) is 4. The Labute approximate surface area is 74.5 Å². The number of methoxy groups -OCH3 is 1. The molecule has 0 radical (unpaired) electrons. The van der Waals surface area contributed by atoms with Crippen LogP contribution in [0.5, 0.6) is 0 Å². The normalized spacial score (nSPS) is 9.42. The van der Waals surface area contributed by atoms with Gasteiger partial charge in [0.2, 0.25) is 0 Å². The molecule has 0 bridgehead atoms. The molecule has 1 rings (SSSR count). The zero-order valence-electron chi connectivity index (χ0n) is 6.66. The van der Waals surface area contributed by atoms with Crippen molar-refractivity contribution in [3.05, 3.63) is 22.4 Å². The first-order valence-corrected chi connectivity index (χ1v) is 4.16. The second kappa shape index (κ2) is 3.40. The molecule has 12 heavy (non-hydrogen) atoms. The average Bonchev–Trinajstić information content (AvgIpc) is 2.45. The van der Waals surface area contributed by atoms with E-state index in [4.69, 9.17) is 5.73 Å². The molecule has 0 atom stereocenters. The Kier molecular flexibility index (Phi) is 2.50. The molecule has 0 aliphatic rings. The molecular weight excluding hydrogens is 174 g/mol. The van der Waals surface area contributed by atoms with E-state index in [1.165, 1.54) is 18.4 Å². The molecule has 0 fully saturated rings. The van der Waals surface area contributed by atoms with Gasteiger partial charge in [-0.05, 0) is 0 Å². The van der Waals surface area contributed by atoms with Crippen LogP contribution in [0.4, 0.5) is 5.69 Å². The van der Waals surface area contributed by atoms with Gasteiger partial charge in [-0.25, -0.2) is 4.79 Å². The maximum Gasteiger partial charge on any atom is 0.350 e. The van der Waals surface area contributed by atoms with Crippen molar-refractivity contribution in [2.24, 2.45) is 0 Å². The molecule has 0 aliphatic heterocycles. The lowest BCUT2D eigenvalue weighted by molar-refractivity contribution is 0.0607. The molecule has 1 heterocycles. The number of hydrogen-bond donors (Lipinski definition) is 1. The summed E-state index contributed by atoms with van der Waals surface area (Å²) in [4.78, 5) is 11.5. The first kappa shape index (κ1) is 8.80. The van der Waals surface area contributed by atoms with E-state index in [1.807, 2.05) is 0 Å². The van der Waals surface area contributed by atoms with Crippen LogP contribution < -0.4 is 5.73 Å². The van der Waals surface area contributed by atoms with Gasteiger partial charge < -0.3 is 10.5 Å². The highest BCUT2D eigenvalue weighted by molar-refractivity contribution is 7.12. The minimum Gasteiger partial charge on any atom is -0.465 e. The quantitative estimate of drug-likeness (QED) is 0.711. The zero-order chi connectivity index (χ0) is 9.14. The largest absolute Gasteiger partial charge is 0.465 e. The molecule has 0 saturated carbocycles. The second-order valence-corrected chi connectivity index (χ2v) is 3.01. The van der Waals surface area contributed by atoms with Crippen molar-refractivity contribution in [2.75, 3.05) is 12.8 Å². The number of nitrogen functional groups attached to an aromatic ring is 1. The lowest BCUT2D eigenvalue weighted by Gasteiger charge is -1.96. The Morgan fingerprint density at radius 3 is 2.92 bits per heavy atom. The number of carbonyl (C=O) groups is 1. The molecule has 1 aromatic rings. The Hall–Kier alpha value is -1.29. The van der Waals surface area contributed by atoms with Gasteiger partial charge in [0.05, 0.1) is 12.8 Å². The van der Waals surface area contributed by atoms with Gasteiger partial charge in [0.15, 0.2) is 0 Å². The fourth-order valence-electron chi connectivity index (χ4n) is 0.789. The summed E-state index contributed by atoms with van der Waals surface area (Å²) in [6.07, 6.45) is 1.61. The van der Waals surface area contributed by atoms with Crippen LogP contribution in [0, 0.1) is 0 Å². The van der Waals surface area contributed by atoms with Crippen LogP contribution in [0.2, 0.25) is 0 Å². The van der Waals surface area contributed by atoms with E-state index in [1.54, 1.807) is 11.5 Å². The van der Waals surface area contributed by atoms with E-state index in [0.29, 0.717) is 10.6 Å². The van der Waals surface area contributed by atoms with E-state index in [2.05, 4.69) is 11.3 Å². The lowest BCUT2D eigenvalue weighted by Crippen LogP contribution is -2.01. The predicted octanol–water partition coefficient (Wildman–Crippen LogP) is 1.76. The third kappa shape index (κ3) is 1.33. The number of ether oxygens (including phenoxy) is 1. The van der Waals surface area contributed by atoms with Gasteiger partial charge in [-0.1, -0.05) is 12.7 Å². The van der Waals surface area contributed by atoms with Crippen molar-refractivity contribution in [1.29, 1.82) is 0 Å². The summed E-state index contributed by atoms with van der Waals surface area (Å²) in [5, 5.41) is 1.77. The summed E-state index contributed by atoms with van der Waals surface area (Å²) >= 11 is 1.26. The molecule has 3 nitrogen and oxygen atoms in total. The van der Waals surface area contributed by atoms with Crippen molar-refractivity contribution in [1.82, 2.24) is 0 Å². The summed E-state index contributed by atoms with van der Waals surface area (Å²) in [6, 6.07) is 0. The third-order valence-electron chi connectivity index (χ3n) is 1.45.